The van der Waals surface area contributed by atoms with E-state index in [1.807, 2.05) is 48.5 Å². The van der Waals surface area contributed by atoms with Gasteiger partial charge in [-0.3, -0.25) is 4.79 Å². The number of rotatable bonds is 5. The number of carbonyl (C=O) groups is 1. The average Bonchev–Trinajstić information content (AvgIpc) is 3.12. The van der Waals surface area contributed by atoms with Gasteiger partial charge in [0.2, 0.25) is 0 Å². The summed E-state index contributed by atoms with van der Waals surface area (Å²) in [6.07, 6.45) is 0.349. The maximum absolute atomic E-state index is 12.5. The molecule has 4 rings (SSSR count). The summed E-state index contributed by atoms with van der Waals surface area (Å²) in [7, 11) is 1.61. The highest BCUT2D eigenvalue weighted by molar-refractivity contribution is 5.98. The Hall–Kier alpha value is -3.40. The van der Waals surface area contributed by atoms with Crippen molar-refractivity contribution >= 4 is 16.8 Å². The highest BCUT2D eigenvalue weighted by Gasteiger charge is 2.10. The second kappa shape index (κ2) is 6.84. The number of methoxy groups -OCH3 is 1. The van der Waals surface area contributed by atoms with Crippen LogP contribution < -0.4 is 4.74 Å². The number of ether oxygens (including phenoxy) is 1. The molecule has 4 heteroatoms. The Morgan fingerprint density at radius 3 is 2.50 bits per heavy atom. The Morgan fingerprint density at radius 1 is 1.00 bits per heavy atom. The Labute approximate surface area is 151 Å². The SMILES string of the molecule is COc1ccc(C(=O)Cc2ccc3nc(-c4ccccc4)[nH]c3c2)cc1. The first kappa shape index (κ1) is 16.1. The monoisotopic (exact) mass is 342 g/mol. The molecule has 0 aliphatic rings. The molecular formula is C22H18N2O2. The van der Waals surface area contributed by atoms with Crippen molar-refractivity contribution in [2.24, 2.45) is 0 Å². The Balaban J connectivity index is 1.58. The minimum atomic E-state index is 0.0785. The quantitative estimate of drug-likeness (QED) is 0.537. The van der Waals surface area contributed by atoms with Gasteiger partial charge in [0.05, 0.1) is 18.1 Å². The fourth-order valence-corrected chi connectivity index (χ4v) is 2.96. The van der Waals surface area contributed by atoms with Crippen molar-refractivity contribution in [1.82, 2.24) is 9.97 Å². The molecule has 128 valence electrons. The number of Topliss-reactive ketones (excluding diaryl/α,β-unsaturated/α-hetero) is 1. The fraction of sp³-hybridized carbons (Fsp3) is 0.0909. The van der Waals surface area contributed by atoms with Gasteiger partial charge in [0, 0.05) is 17.5 Å². The van der Waals surface area contributed by atoms with Gasteiger partial charge in [0.15, 0.2) is 5.78 Å². The molecule has 0 saturated carbocycles. The highest BCUT2D eigenvalue weighted by atomic mass is 16.5. The van der Waals surface area contributed by atoms with Crippen LogP contribution in [0.15, 0.2) is 72.8 Å². The van der Waals surface area contributed by atoms with Crippen LogP contribution in [0.25, 0.3) is 22.4 Å². The molecule has 1 aromatic heterocycles. The van der Waals surface area contributed by atoms with E-state index in [0.29, 0.717) is 12.0 Å². The third-order valence-electron chi connectivity index (χ3n) is 4.37. The van der Waals surface area contributed by atoms with E-state index in [2.05, 4.69) is 9.97 Å². The van der Waals surface area contributed by atoms with Crippen LogP contribution in [0.3, 0.4) is 0 Å². The first-order chi connectivity index (χ1) is 12.7. The largest absolute Gasteiger partial charge is 0.497 e. The molecule has 3 aromatic carbocycles. The maximum Gasteiger partial charge on any atom is 0.167 e. The van der Waals surface area contributed by atoms with Crippen LogP contribution in [0.5, 0.6) is 5.75 Å². The molecule has 1 N–H and O–H groups in total. The molecule has 0 bridgehead atoms. The molecule has 0 fully saturated rings. The van der Waals surface area contributed by atoms with E-state index < -0.39 is 0 Å². The molecule has 0 spiro atoms. The molecule has 0 amide bonds. The predicted molar refractivity (Wildman–Crippen MR) is 103 cm³/mol. The number of nitrogens with one attached hydrogen (secondary N) is 1. The van der Waals surface area contributed by atoms with Gasteiger partial charge in [0.25, 0.3) is 0 Å². The molecule has 0 aliphatic heterocycles. The van der Waals surface area contributed by atoms with Gasteiger partial charge < -0.3 is 9.72 Å². The predicted octanol–water partition coefficient (Wildman–Crippen LogP) is 4.66. The molecule has 0 unspecified atom stereocenters. The number of fused-ring (bicyclic) bond motifs is 1. The summed E-state index contributed by atoms with van der Waals surface area (Å²) >= 11 is 0. The zero-order valence-electron chi connectivity index (χ0n) is 14.4. The van der Waals surface area contributed by atoms with Crippen LogP contribution in [0.2, 0.25) is 0 Å². The van der Waals surface area contributed by atoms with E-state index in [1.165, 1.54) is 0 Å². The summed E-state index contributed by atoms with van der Waals surface area (Å²) in [6.45, 7) is 0. The van der Waals surface area contributed by atoms with Crippen LogP contribution in [0.4, 0.5) is 0 Å². The van der Waals surface area contributed by atoms with Gasteiger partial charge >= 0.3 is 0 Å². The van der Waals surface area contributed by atoms with Gasteiger partial charge in [-0.25, -0.2) is 4.98 Å². The van der Waals surface area contributed by atoms with E-state index in [-0.39, 0.29) is 5.78 Å². The fourth-order valence-electron chi connectivity index (χ4n) is 2.96. The van der Waals surface area contributed by atoms with Crippen molar-refractivity contribution in [3.63, 3.8) is 0 Å². The van der Waals surface area contributed by atoms with Crippen LogP contribution >= 0.6 is 0 Å². The van der Waals surface area contributed by atoms with E-state index in [4.69, 9.17) is 4.74 Å². The number of ketones is 1. The number of H-pyrrole nitrogens is 1. The second-order valence-corrected chi connectivity index (χ2v) is 6.13. The van der Waals surface area contributed by atoms with Gasteiger partial charge in [-0.05, 0) is 42.0 Å². The van der Waals surface area contributed by atoms with Crippen LogP contribution in [-0.2, 0) is 6.42 Å². The lowest BCUT2D eigenvalue weighted by Crippen LogP contribution is -2.03. The first-order valence-electron chi connectivity index (χ1n) is 8.44. The molecule has 26 heavy (non-hydrogen) atoms. The number of hydrogen-bond acceptors (Lipinski definition) is 3. The summed E-state index contributed by atoms with van der Waals surface area (Å²) in [4.78, 5) is 20.5. The van der Waals surface area contributed by atoms with Crippen LogP contribution in [0.1, 0.15) is 15.9 Å². The molecule has 1 heterocycles. The summed E-state index contributed by atoms with van der Waals surface area (Å²) in [5.74, 6) is 1.66. The van der Waals surface area contributed by atoms with E-state index in [9.17, 15) is 4.79 Å². The number of hydrogen-bond donors (Lipinski definition) is 1. The lowest BCUT2D eigenvalue weighted by Gasteiger charge is -2.03. The van der Waals surface area contributed by atoms with Crippen molar-refractivity contribution in [3.8, 4) is 17.1 Å². The van der Waals surface area contributed by atoms with Crippen molar-refractivity contribution < 1.29 is 9.53 Å². The zero-order valence-corrected chi connectivity index (χ0v) is 14.4. The maximum atomic E-state index is 12.5. The molecule has 0 radical (unpaired) electrons. The lowest BCUT2D eigenvalue weighted by molar-refractivity contribution is 0.0993. The summed E-state index contributed by atoms with van der Waals surface area (Å²) in [6, 6.07) is 23.1. The minimum absolute atomic E-state index is 0.0785. The Bertz CT molecular complexity index is 1050. The molecule has 0 aliphatic carbocycles. The van der Waals surface area contributed by atoms with Gasteiger partial charge in [0.1, 0.15) is 11.6 Å². The van der Waals surface area contributed by atoms with Gasteiger partial charge in [-0.2, -0.15) is 0 Å². The van der Waals surface area contributed by atoms with Crippen molar-refractivity contribution in [3.05, 3.63) is 83.9 Å². The zero-order chi connectivity index (χ0) is 17.9. The number of imidazole rings is 1. The number of aromatic nitrogens is 2. The molecule has 0 atom stereocenters. The number of benzene rings is 3. The van der Waals surface area contributed by atoms with Crippen molar-refractivity contribution in [2.45, 2.75) is 6.42 Å². The topological polar surface area (TPSA) is 55.0 Å². The van der Waals surface area contributed by atoms with E-state index in [1.54, 1.807) is 31.4 Å². The molecular weight excluding hydrogens is 324 g/mol. The van der Waals surface area contributed by atoms with Crippen molar-refractivity contribution in [2.75, 3.05) is 7.11 Å². The number of aromatic amines is 1. The van der Waals surface area contributed by atoms with Crippen molar-refractivity contribution in [1.29, 1.82) is 0 Å². The molecule has 0 saturated heterocycles. The summed E-state index contributed by atoms with van der Waals surface area (Å²) < 4.78 is 5.13. The third-order valence-corrected chi connectivity index (χ3v) is 4.37. The third kappa shape index (κ3) is 3.22. The minimum Gasteiger partial charge on any atom is -0.497 e. The highest BCUT2D eigenvalue weighted by Crippen LogP contribution is 2.22. The normalized spacial score (nSPS) is 10.8. The first-order valence-corrected chi connectivity index (χ1v) is 8.44. The van der Waals surface area contributed by atoms with Crippen LogP contribution in [0, 0.1) is 0 Å². The Kier molecular flexibility index (Phi) is 4.23. The summed E-state index contributed by atoms with van der Waals surface area (Å²) in [5.41, 5.74) is 4.51. The van der Waals surface area contributed by atoms with E-state index in [0.717, 1.165) is 33.7 Å². The number of carbonyl (C=O) groups excluding carboxylic acids is 1. The molecule has 4 aromatic rings. The van der Waals surface area contributed by atoms with Gasteiger partial charge in [-0.1, -0.05) is 36.4 Å². The van der Waals surface area contributed by atoms with Crippen LogP contribution in [-0.4, -0.2) is 22.9 Å². The smallest absolute Gasteiger partial charge is 0.167 e. The second-order valence-electron chi connectivity index (χ2n) is 6.13. The average molecular weight is 342 g/mol. The van der Waals surface area contributed by atoms with E-state index >= 15 is 0 Å². The lowest BCUT2D eigenvalue weighted by atomic mass is 10.0. The molecule has 4 nitrogen and oxygen atoms in total. The number of nitrogens with zero attached hydrogens (tertiary/aromatic N) is 1. The Morgan fingerprint density at radius 2 is 1.77 bits per heavy atom. The standard InChI is InChI=1S/C22H18N2O2/c1-26-18-10-8-16(9-11-18)21(25)14-15-7-12-19-20(13-15)24-22(23-19)17-5-3-2-4-6-17/h2-13H,14H2,1H3,(H,23,24). The summed E-state index contributed by atoms with van der Waals surface area (Å²) in [5, 5.41) is 0. The van der Waals surface area contributed by atoms with Gasteiger partial charge in [-0.15, -0.1) is 0 Å².